The number of carbonyl (C=O) groups is 2. The number of rotatable bonds is 8. The Bertz CT molecular complexity index is 1720. The van der Waals surface area contributed by atoms with Crippen LogP contribution in [0.1, 0.15) is 24.0 Å². The first-order valence-electron chi connectivity index (χ1n) is 13.7. The molecule has 0 bridgehead atoms. The van der Waals surface area contributed by atoms with E-state index in [0.717, 1.165) is 17.3 Å². The zero-order valence-electron chi connectivity index (χ0n) is 23.7. The standard InChI is InChI=1S/C35H29FN4O2S/c1-23-13-9-12-20-30(23)39-34(42)32-24(2)38-35(28(21-37)33(32)27-18-10-11-19-29(27)36)43-22-31(41)40(25-14-5-3-6-15-25)26-16-7-4-8-17-26/h3-20,33,38H,22H2,1-2H3,(H,39,42). The van der Waals surface area contributed by atoms with Crippen LogP contribution in [0, 0.1) is 24.1 Å². The van der Waals surface area contributed by atoms with Crippen molar-refractivity contribution in [1.82, 2.24) is 5.32 Å². The van der Waals surface area contributed by atoms with Gasteiger partial charge in [-0.05, 0) is 55.8 Å². The molecule has 0 aromatic heterocycles. The van der Waals surface area contributed by atoms with Crippen molar-refractivity contribution >= 4 is 40.6 Å². The maximum Gasteiger partial charge on any atom is 0.254 e. The van der Waals surface area contributed by atoms with Crippen LogP contribution in [-0.4, -0.2) is 17.6 Å². The van der Waals surface area contributed by atoms with Crippen LogP contribution >= 0.6 is 11.8 Å². The molecule has 1 aliphatic heterocycles. The molecule has 0 radical (unpaired) electrons. The Hall–Kier alpha value is -5.13. The Morgan fingerprint density at radius 3 is 2.07 bits per heavy atom. The van der Waals surface area contributed by atoms with E-state index in [1.807, 2.05) is 85.8 Å². The highest BCUT2D eigenvalue weighted by atomic mass is 32.2. The molecular formula is C35H29FN4O2S. The molecule has 0 saturated carbocycles. The number of benzene rings is 4. The van der Waals surface area contributed by atoms with Gasteiger partial charge in [0.1, 0.15) is 5.82 Å². The maximum atomic E-state index is 15.3. The van der Waals surface area contributed by atoms with Crippen LogP contribution in [0.5, 0.6) is 0 Å². The lowest BCUT2D eigenvalue weighted by molar-refractivity contribution is -0.115. The monoisotopic (exact) mass is 588 g/mol. The number of dihydropyridines is 1. The molecule has 5 rings (SSSR count). The summed E-state index contributed by atoms with van der Waals surface area (Å²) in [6, 6.07) is 34.3. The van der Waals surface area contributed by atoms with Gasteiger partial charge in [-0.1, -0.05) is 84.6 Å². The number of anilines is 3. The average molecular weight is 589 g/mol. The minimum absolute atomic E-state index is 0.0146. The van der Waals surface area contributed by atoms with E-state index in [-0.39, 0.29) is 28.4 Å². The molecule has 2 N–H and O–H groups in total. The van der Waals surface area contributed by atoms with E-state index in [1.165, 1.54) is 6.07 Å². The number of amides is 2. The molecular weight excluding hydrogens is 559 g/mol. The van der Waals surface area contributed by atoms with Crippen molar-refractivity contribution in [2.45, 2.75) is 19.8 Å². The van der Waals surface area contributed by atoms with Crippen LogP contribution in [0.3, 0.4) is 0 Å². The third-order valence-corrected chi connectivity index (χ3v) is 8.12. The Morgan fingerprint density at radius 2 is 1.47 bits per heavy atom. The predicted molar refractivity (Wildman–Crippen MR) is 170 cm³/mol. The molecule has 1 aliphatic rings. The van der Waals surface area contributed by atoms with Crippen molar-refractivity contribution in [3.8, 4) is 6.07 Å². The molecule has 1 unspecified atom stereocenters. The van der Waals surface area contributed by atoms with Crippen LogP contribution in [0.15, 0.2) is 131 Å². The lowest BCUT2D eigenvalue weighted by Gasteiger charge is -2.30. The zero-order valence-corrected chi connectivity index (χ0v) is 24.5. The molecule has 4 aromatic rings. The summed E-state index contributed by atoms with van der Waals surface area (Å²) in [6.07, 6.45) is 0. The Morgan fingerprint density at radius 1 is 0.884 bits per heavy atom. The fraction of sp³-hybridized carbons (Fsp3) is 0.114. The lowest BCUT2D eigenvalue weighted by atomic mass is 9.82. The summed E-state index contributed by atoms with van der Waals surface area (Å²) in [5.74, 6) is -2.18. The van der Waals surface area contributed by atoms with E-state index in [9.17, 15) is 14.9 Å². The second-order valence-electron chi connectivity index (χ2n) is 9.93. The first kappa shape index (κ1) is 29.4. The number of halogens is 1. The third kappa shape index (κ3) is 6.37. The number of nitrogens with one attached hydrogen (secondary N) is 2. The Labute approximate surface area is 254 Å². The zero-order chi connectivity index (χ0) is 30.3. The molecule has 214 valence electrons. The summed E-state index contributed by atoms with van der Waals surface area (Å²) in [5.41, 5.74) is 3.97. The van der Waals surface area contributed by atoms with E-state index in [2.05, 4.69) is 16.7 Å². The number of nitriles is 1. The number of allylic oxidation sites excluding steroid dienone is 2. The van der Waals surface area contributed by atoms with Crippen molar-refractivity contribution in [2.75, 3.05) is 16.0 Å². The second kappa shape index (κ2) is 13.2. The number of carbonyl (C=O) groups excluding carboxylic acids is 2. The summed E-state index contributed by atoms with van der Waals surface area (Å²) >= 11 is 1.15. The van der Waals surface area contributed by atoms with Gasteiger partial charge in [0.15, 0.2) is 0 Å². The van der Waals surface area contributed by atoms with Gasteiger partial charge in [-0.25, -0.2) is 4.39 Å². The normalized spacial score (nSPS) is 14.5. The van der Waals surface area contributed by atoms with E-state index in [4.69, 9.17) is 0 Å². The van der Waals surface area contributed by atoms with Crippen LogP contribution in [0.2, 0.25) is 0 Å². The minimum Gasteiger partial charge on any atom is -0.353 e. The highest BCUT2D eigenvalue weighted by Gasteiger charge is 2.36. The number of para-hydroxylation sites is 3. The maximum absolute atomic E-state index is 15.3. The smallest absolute Gasteiger partial charge is 0.254 e. The lowest BCUT2D eigenvalue weighted by Crippen LogP contribution is -2.32. The molecule has 4 aromatic carbocycles. The van der Waals surface area contributed by atoms with Crippen molar-refractivity contribution in [2.24, 2.45) is 0 Å². The first-order chi connectivity index (χ1) is 20.9. The van der Waals surface area contributed by atoms with Crippen LogP contribution in [0.4, 0.5) is 21.5 Å². The van der Waals surface area contributed by atoms with Gasteiger partial charge in [-0.3, -0.25) is 14.5 Å². The molecule has 0 saturated heterocycles. The molecule has 0 spiro atoms. The SMILES string of the molecule is CC1=C(C(=O)Nc2ccccc2C)C(c2ccccc2F)C(C#N)=C(SCC(=O)N(c2ccccc2)c2ccccc2)N1. The van der Waals surface area contributed by atoms with Crippen LogP contribution in [0.25, 0.3) is 0 Å². The summed E-state index contributed by atoms with van der Waals surface area (Å²) in [5, 5.41) is 16.9. The quantitative estimate of drug-likeness (QED) is 0.222. The molecule has 1 heterocycles. The van der Waals surface area contributed by atoms with Gasteiger partial charge in [0.05, 0.1) is 28.3 Å². The molecule has 8 heteroatoms. The van der Waals surface area contributed by atoms with Crippen molar-refractivity contribution in [3.63, 3.8) is 0 Å². The summed E-state index contributed by atoms with van der Waals surface area (Å²) in [7, 11) is 0. The Balaban J connectivity index is 1.49. The number of hydrogen-bond acceptors (Lipinski definition) is 5. The van der Waals surface area contributed by atoms with Crippen molar-refractivity contribution in [3.05, 3.63) is 148 Å². The number of nitrogens with zero attached hydrogens (tertiary/aromatic N) is 2. The average Bonchev–Trinajstić information content (AvgIpc) is 3.02. The summed E-state index contributed by atoms with van der Waals surface area (Å²) < 4.78 is 15.3. The first-order valence-corrected chi connectivity index (χ1v) is 14.7. The summed E-state index contributed by atoms with van der Waals surface area (Å²) in [4.78, 5) is 29.1. The van der Waals surface area contributed by atoms with E-state index in [0.29, 0.717) is 27.8 Å². The number of aryl methyl sites for hydroxylation is 1. The molecule has 43 heavy (non-hydrogen) atoms. The van der Waals surface area contributed by atoms with Gasteiger partial charge in [-0.2, -0.15) is 5.26 Å². The largest absolute Gasteiger partial charge is 0.353 e. The molecule has 0 fully saturated rings. The van der Waals surface area contributed by atoms with Gasteiger partial charge < -0.3 is 10.6 Å². The number of thioether (sulfide) groups is 1. The Kier molecular flexibility index (Phi) is 9.04. The van der Waals surface area contributed by atoms with Gasteiger partial charge in [0, 0.05) is 33.9 Å². The molecule has 0 aliphatic carbocycles. The predicted octanol–water partition coefficient (Wildman–Crippen LogP) is 7.57. The fourth-order valence-corrected chi connectivity index (χ4v) is 5.98. The topological polar surface area (TPSA) is 85.2 Å². The van der Waals surface area contributed by atoms with Crippen molar-refractivity contribution in [1.29, 1.82) is 5.26 Å². The fourth-order valence-electron chi connectivity index (χ4n) is 5.04. The number of hydrogen-bond donors (Lipinski definition) is 2. The van der Waals surface area contributed by atoms with Gasteiger partial charge in [-0.15, -0.1) is 0 Å². The van der Waals surface area contributed by atoms with E-state index >= 15 is 4.39 Å². The van der Waals surface area contributed by atoms with E-state index < -0.39 is 17.6 Å². The van der Waals surface area contributed by atoms with Crippen LogP contribution in [-0.2, 0) is 9.59 Å². The molecule has 2 amide bonds. The highest BCUT2D eigenvalue weighted by Crippen LogP contribution is 2.42. The van der Waals surface area contributed by atoms with E-state index in [1.54, 1.807) is 36.1 Å². The minimum atomic E-state index is -0.978. The second-order valence-corrected chi connectivity index (χ2v) is 10.9. The van der Waals surface area contributed by atoms with Gasteiger partial charge in [0.2, 0.25) is 5.91 Å². The highest BCUT2D eigenvalue weighted by molar-refractivity contribution is 8.03. The van der Waals surface area contributed by atoms with Gasteiger partial charge in [0.25, 0.3) is 5.91 Å². The molecule has 1 atom stereocenters. The third-order valence-electron chi connectivity index (χ3n) is 7.12. The van der Waals surface area contributed by atoms with Gasteiger partial charge >= 0.3 is 0 Å². The van der Waals surface area contributed by atoms with Crippen LogP contribution < -0.4 is 15.5 Å². The summed E-state index contributed by atoms with van der Waals surface area (Å²) in [6.45, 7) is 3.60. The van der Waals surface area contributed by atoms with Crippen molar-refractivity contribution < 1.29 is 14.0 Å². The molecule has 6 nitrogen and oxygen atoms in total.